The van der Waals surface area contributed by atoms with Crippen molar-refractivity contribution in [2.24, 2.45) is 0 Å². The van der Waals surface area contributed by atoms with E-state index in [-0.39, 0.29) is 19.6 Å². The summed E-state index contributed by atoms with van der Waals surface area (Å²) >= 11 is 0. The van der Waals surface area contributed by atoms with E-state index in [1.54, 1.807) is 6.92 Å². The molecule has 0 atom stereocenters. The summed E-state index contributed by atoms with van der Waals surface area (Å²) in [7, 11) is -3.88. The molecule has 0 aliphatic heterocycles. The third-order valence-corrected chi connectivity index (χ3v) is 1.85. The number of rotatable bonds is 7. The van der Waals surface area contributed by atoms with Gasteiger partial charge in [0.15, 0.2) is 0 Å². The molecule has 0 aliphatic carbocycles. The number of halogens is 1. The highest BCUT2D eigenvalue weighted by molar-refractivity contribution is 7.81. The predicted octanol–water partition coefficient (Wildman–Crippen LogP) is 1.03. The Morgan fingerprint density at radius 3 is 2.33 bits per heavy atom. The average molecular weight is 200 g/mol. The molecule has 0 saturated carbocycles. The highest BCUT2D eigenvalue weighted by Crippen LogP contribution is 1.98. The van der Waals surface area contributed by atoms with E-state index in [1.165, 1.54) is 0 Å². The summed E-state index contributed by atoms with van der Waals surface area (Å²) in [6.07, 6.45) is 0.653. The van der Waals surface area contributed by atoms with Crippen molar-refractivity contribution in [1.82, 2.24) is 0 Å². The monoisotopic (exact) mass is 200 g/mol. The fraction of sp³-hybridized carbons (Fsp3) is 1.00. The van der Waals surface area contributed by atoms with Crippen molar-refractivity contribution < 1.29 is 21.2 Å². The molecule has 0 bridgehead atoms. The van der Waals surface area contributed by atoms with Crippen LogP contribution in [0.4, 0.5) is 4.39 Å². The molecule has 0 heterocycles. The van der Waals surface area contributed by atoms with Crippen LogP contribution in [0.5, 0.6) is 0 Å². The third-order valence-electron chi connectivity index (χ3n) is 0.937. The molecule has 0 aliphatic rings. The number of alkyl halides is 1. The summed E-state index contributed by atoms with van der Waals surface area (Å²) < 4.78 is 41.5. The van der Waals surface area contributed by atoms with Gasteiger partial charge in [-0.15, -0.1) is 0 Å². The zero-order chi connectivity index (χ0) is 9.45. The first kappa shape index (κ1) is 11.8. The van der Waals surface area contributed by atoms with Crippen LogP contribution < -0.4 is 0 Å². The molecule has 0 aromatic carbocycles. The molecule has 0 aromatic rings. The SMILES string of the molecule is CCCOS(=O)(=O)OCCCF. The van der Waals surface area contributed by atoms with Gasteiger partial charge in [-0.3, -0.25) is 4.39 Å². The molecule has 6 heteroatoms. The standard InChI is InChI=1S/C6H13FO4S/c1-2-5-10-12(8,9)11-6-3-4-7/h2-6H2,1H3. The Bertz CT molecular complexity index is 190. The smallest absolute Gasteiger partial charge is 0.251 e. The van der Waals surface area contributed by atoms with E-state index >= 15 is 0 Å². The van der Waals surface area contributed by atoms with Crippen LogP contribution in [0.3, 0.4) is 0 Å². The lowest BCUT2D eigenvalue weighted by Crippen LogP contribution is -2.11. The van der Waals surface area contributed by atoms with Crippen LogP contribution in [0.2, 0.25) is 0 Å². The normalized spacial score (nSPS) is 11.8. The van der Waals surface area contributed by atoms with E-state index in [0.717, 1.165) is 0 Å². The molecule has 0 aromatic heterocycles. The summed E-state index contributed by atoms with van der Waals surface area (Å²) in [6, 6.07) is 0. The summed E-state index contributed by atoms with van der Waals surface area (Å²) in [5.41, 5.74) is 0. The molecule has 0 amide bonds. The van der Waals surface area contributed by atoms with Crippen molar-refractivity contribution in [1.29, 1.82) is 0 Å². The minimum absolute atomic E-state index is 0.0642. The summed E-state index contributed by atoms with van der Waals surface area (Å²) in [5.74, 6) is 0. The Hall–Kier alpha value is -0.200. The molecular weight excluding hydrogens is 187 g/mol. The highest BCUT2D eigenvalue weighted by Gasteiger charge is 2.09. The molecule has 0 rings (SSSR count). The van der Waals surface area contributed by atoms with Gasteiger partial charge in [0.1, 0.15) is 0 Å². The van der Waals surface area contributed by atoms with Gasteiger partial charge in [0.2, 0.25) is 0 Å². The first-order chi connectivity index (χ1) is 5.62. The Morgan fingerprint density at radius 1 is 1.25 bits per heavy atom. The van der Waals surface area contributed by atoms with Gasteiger partial charge in [0.05, 0.1) is 19.9 Å². The lowest BCUT2D eigenvalue weighted by Gasteiger charge is -2.02. The van der Waals surface area contributed by atoms with Crippen LogP contribution >= 0.6 is 0 Å². The van der Waals surface area contributed by atoms with Crippen molar-refractivity contribution >= 4 is 10.4 Å². The predicted molar refractivity (Wildman–Crippen MR) is 41.7 cm³/mol. The molecule has 0 unspecified atom stereocenters. The fourth-order valence-electron chi connectivity index (χ4n) is 0.435. The molecule has 0 saturated heterocycles. The van der Waals surface area contributed by atoms with E-state index < -0.39 is 17.1 Å². The van der Waals surface area contributed by atoms with Gasteiger partial charge in [-0.05, 0) is 6.42 Å². The van der Waals surface area contributed by atoms with E-state index in [2.05, 4.69) is 8.37 Å². The molecule has 12 heavy (non-hydrogen) atoms. The molecule has 0 radical (unpaired) electrons. The van der Waals surface area contributed by atoms with Gasteiger partial charge in [0.25, 0.3) is 0 Å². The number of hydrogen-bond donors (Lipinski definition) is 0. The van der Waals surface area contributed by atoms with Crippen LogP contribution in [0, 0.1) is 0 Å². The summed E-state index contributed by atoms with van der Waals surface area (Å²) in [6.45, 7) is 1.11. The van der Waals surface area contributed by atoms with Crippen LogP contribution in [-0.2, 0) is 18.8 Å². The molecule has 0 spiro atoms. The second-order valence-electron chi connectivity index (χ2n) is 2.09. The molecule has 0 N–H and O–H groups in total. The summed E-state index contributed by atoms with van der Waals surface area (Å²) in [4.78, 5) is 0. The van der Waals surface area contributed by atoms with Gasteiger partial charge in [-0.2, -0.15) is 8.42 Å². The van der Waals surface area contributed by atoms with Gasteiger partial charge in [-0.25, -0.2) is 8.37 Å². The lowest BCUT2D eigenvalue weighted by molar-refractivity contribution is 0.208. The minimum Gasteiger partial charge on any atom is -0.251 e. The maximum Gasteiger partial charge on any atom is 0.399 e. The summed E-state index contributed by atoms with van der Waals surface area (Å²) in [5, 5.41) is 0. The molecule has 74 valence electrons. The Morgan fingerprint density at radius 2 is 1.83 bits per heavy atom. The maximum atomic E-state index is 11.5. The van der Waals surface area contributed by atoms with Gasteiger partial charge in [0, 0.05) is 6.42 Å². The van der Waals surface area contributed by atoms with Crippen LogP contribution in [0.15, 0.2) is 0 Å². The first-order valence-electron chi connectivity index (χ1n) is 3.72. The Labute approximate surface area is 72.0 Å². The molecule has 0 fully saturated rings. The van der Waals surface area contributed by atoms with Gasteiger partial charge >= 0.3 is 10.4 Å². The average Bonchev–Trinajstić information content (AvgIpc) is 2.01. The van der Waals surface area contributed by atoms with Crippen LogP contribution in [0.1, 0.15) is 19.8 Å². The largest absolute Gasteiger partial charge is 0.399 e. The Kier molecular flexibility index (Phi) is 6.23. The van der Waals surface area contributed by atoms with Crippen molar-refractivity contribution in [3.63, 3.8) is 0 Å². The number of hydrogen-bond acceptors (Lipinski definition) is 4. The Balaban J connectivity index is 3.58. The first-order valence-corrected chi connectivity index (χ1v) is 5.05. The van der Waals surface area contributed by atoms with Gasteiger partial charge < -0.3 is 0 Å². The van der Waals surface area contributed by atoms with Crippen LogP contribution in [-0.4, -0.2) is 28.3 Å². The zero-order valence-electron chi connectivity index (χ0n) is 6.95. The van der Waals surface area contributed by atoms with E-state index in [4.69, 9.17) is 0 Å². The van der Waals surface area contributed by atoms with Crippen molar-refractivity contribution in [3.8, 4) is 0 Å². The van der Waals surface area contributed by atoms with Crippen LogP contribution in [0.25, 0.3) is 0 Å². The fourth-order valence-corrected chi connectivity index (χ4v) is 1.20. The van der Waals surface area contributed by atoms with Crippen molar-refractivity contribution in [2.75, 3.05) is 19.9 Å². The molecular formula is C6H13FO4S. The molecule has 4 nitrogen and oxygen atoms in total. The second kappa shape index (κ2) is 6.33. The van der Waals surface area contributed by atoms with E-state index in [0.29, 0.717) is 6.42 Å². The second-order valence-corrected chi connectivity index (χ2v) is 3.38. The highest BCUT2D eigenvalue weighted by atomic mass is 32.3. The quantitative estimate of drug-likeness (QED) is 0.576. The van der Waals surface area contributed by atoms with E-state index in [9.17, 15) is 12.8 Å². The minimum atomic E-state index is -3.88. The van der Waals surface area contributed by atoms with Crippen molar-refractivity contribution in [2.45, 2.75) is 19.8 Å². The third kappa shape index (κ3) is 6.51. The van der Waals surface area contributed by atoms with E-state index in [1.807, 2.05) is 0 Å². The lowest BCUT2D eigenvalue weighted by atomic mass is 10.5. The maximum absolute atomic E-state index is 11.5. The zero-order valence-corrected chi connectivity index (χ0v) is 7.77. The van der Waals surface area contributed by atoms with Crippen molar-refractivity contribution in [3.05, 3.63) is 0 Å². The van der Waals surface area contributed by atoms with Gasteiger partial charge in [-0.1, -0.05) is 6.92 Å². The topological polar surface area (TPSA) is 52.6 Å².